The first kappa shape index (κ1) is 31.6. The zero-order valence-corrected chi connectivity index (χ0v) is 24.4. The fraction of sp³-hybridized carbons (Fsp3) is 0.963. The van der Waals surface area contributed by atoms with Gasteiger partial charge in [-0.1, -0.05) is 33.1 Å². The highest BCUT2D eigenvalue weighted by molar-refractivity contribution is 5.80. The van der Waals surface area contributed by atoms with Crippen molar-refractivity contribution in [3.63, 3.8) is 0 Å². The number of carbonyl (C=O) groups excluding carboxylic acids is 1. The monoisotopic (exact) mass is 541 g/mol. The van der Waals surface area contributed by atoms with E-state index in [1.165, 1.54) is 0 Å². The number of nitrogens with one attached hydrogen (secondary N) is 4. The van der Waals surface area contributed by atoms with Crippen LogP contribution in [0.1, 0.15) is 58.8 Å². The number of hydrogen-bond acceptors (Lipinski definition) is 9. The number of rotatable bonds is 14. The van der Waals surface area contributed by atoms with Gasteiger partial charge in [-0.05, 0) is 65.3 Å². The number of nitrogens with two attached hydrogens (primary N) is 2. The summed E-state index contributed by atoms with van der Waals surface area (Å²) in [7, 11) is 4.25. The van der Waals surface area contributed by atoms with Gasteiger partial charge in [0.2, 0.25) is 5.91 Å². The number of carbonyl (C=O) groups is 1. The third kappa shape index (κ3) is 8.06. The van der Waals surface area contributed by atoms with Crippen LogP contribution in [0.15, 0.2) is 0 Å². The minimum Gasteiger partial charge on any atom is -0.350 e. The quantitative estimate of drug-likeness (QED) is 0.169. The van der Waals surface area contributed by atoms with Crippen LogP contribution in [0.5, 0.6) is 0 Å². The molecule has 0 saturated carbocycles. The molecule has 38 heavy (non-hydrogen) atoms. The molecule has 222 valence electrons. The maximum Gasteiger partial charge on any atom is 0.229 e. The summed E-state index contributed by atoms with van der Waals surface area (Å²) in [5.74, 6) is -0.238. The van der Waals surface area contributed by atoms with Gasteiger partial charge in [0.25, 0.3) is 0 Å². The summed E-state index contributed by atoms with van der Waals surface area (Å²) < 4.78 is 14.3. The molecule has 10 nitrogen and oxygen atoms in total. The van der Waals surface area contributed by atoms with Crippen LogP contribution in [0.25, 0.3) is 0 Å². The average Bonchev–Trinajstić information content (AvgIpc) is 3.36. The van der Waals surface area contributed by atoms with Gasteiger partial charge in [-0.3, -0.25) is 20.4 Å². The van der Waals surface area contributed by atoms with Crippen LogP contribution in [-0.2, 0) is 4.79 Å². The maximum atomic E-state index is 14.3. The molecule has 6 atom stereocenters. The smallest absolute Gasteiger partial charge is 0.229 e. The van der Waals surface area contributed by atoms with E-state index in [0.717, 1.165) is 71.1 Å². The van der Waals surface area contributed by atoms with Gasteiger partial charge in [0.05, 0.1) is 29.8 Å². The van der Waals surface area contributed by atoms with E-state index in [1.54, 1.807) is 0 Å². The van der Waals surface area contributed by atoms with Crippen LogP contribution in [0, 0.1) is 11.8 Å². The molecular weight excluding hydrogens is 485 g/mol. The molecule has 0 aromatic carbocycles. The van der Waals surface area contributed by atoms with Crippen molar-refractivity contribution in [2.75, 3.05) is 66.5 Å². The summed E-state index contributed by atoms with van der Waals surface area (Å²) in [5.41, 5.74) is 16.1. The lowest BCUT2D eigenvalue weighted by atomic mass is 9.78. The first-order chi connectivity index (χ1) is 18.2. The lowest BCUT2D eigenvalue weighted by Crippen LogP contribution is -2.72. The Kier molecular flexibility index (Phi) is 12.6. The normalized spacial score (nSPS) is 32.2. The number of hydrogen-bond donors (Lipinski definition) is 6. The van der Waals surface area contributed by atoms with Crippen molar-refractivity contribution in [1.82, 2.24) is 36.2 Å². The Labute approximate surface area is 230 Å². The predicted molar refractivity (Wildman–Crippen MR) is 152 cm³/mol. The molecule has 1 amide bonds. The van der Waals surface area contributed by atoms with Gasteiger partial charge in [0, 0.05) is 32.7 Å². The Morgan fingerprint density at radius 3 is 2.61 bits per heavy atom. The number of alkyl halides is 1. The molecule has 0 aromatic rings. The largest absolute Gasteiger partial charge is 0.350 e. The molecule has 6 unspecified atom stereocenters. The van der Waals surface area contributed by atoms with Crippen LogP contribution in [0.4, 0.5) is 4.39 Å². The zero-order valence-electron chi connectivity index (χ0n) is 24.4. The first-order valence-electron chi connectivity index (χ1n) is 15.0. The van der Waals surface area contributed by atoms with Crippen molar-refractivity contribution >= 4 is 5.91 Å². The third-order valence-corrected chi connectivity index (χ3v) is 8.78. The molecule has 0 bridgehead atoms. The third-order valence-electron chi connectivity index (χ3n) is 8.78. The summed E-state index contributed by atoms with van der Waals surface area (Å²) in [6.07, 6.45) is 5.05. The number of amides is 1. The first-order valence-corrected chi connectivity index (χ1v) is 15.0. The second kappa shape index (κ2) is 15.2. The van der Waals surface area contributed by atoms with Crippen molar-refractivity contribution in [3.8, 4) is 0 Å². The Hall–Kier alpha value is -0.920. The highest BCUT2D eigenvalue weighted by Crippen LogP contribution is 2.34. The topological polar surface area (TPSA) is 127 Å². The van der Waals surface area contributed by atoms with Crippen LogP contribution >= 0.6 is 0 Å². The number of nitrogens with zero attached hydrogens (tertiary/aromatic N) is 3. The van der Waals surface area contributed by atoms with E-state index in [4.69, 9.17) is 11.5 Å². The molecule has 3 fully saturated rings. The standard InChI is InChI=1S/C27H56FN9O/c1-5-7-10-27(37-18-20(15-33-37)9-14-35(3)4)11-12-31-17-22(27)34-26(38)23(24(29)30)25-32-16-21(28)19-36(25)13-8-6-2/h20-25,31-33H,5-19,29-30H2,1-4H3,(H,34,38). The number of hydrazine groups is 1. The summed E-state index contributed by atoms with van der Waals surface area (Å²) in [6.45, 7) is 10.2. The molecular formula is C27H56FN9O. The summed E-state index contributed by atoms with van der Waals surface area (Å²) >= 11 is 0. The average molecular weight is 542 g/mol. The Balaban J connectivity index is 1.79. The molecule has 8 N–H and O–H groups in total. The Morgan fingerprint density at radius 1 is 1.16 bits per heavy atom. The van der Waals surface area contributed by atoms with Crippen molar-refractivity contribution < 1.29 is 9.18 Å². The fourth-order valence-corrected chi connectivity index (χ4v) is 6.49. The van der Waals surface area contributed by atoms with Crippen molar-refractivity contribution in [3.05, 3.63) is 0 Å². The number of unbranched alkanes of at least 4 members (excludes halogenated alkanes) is 2. The summed E-state index contributed by atoms with van der Waals surface area (Å²) in [4.78, 5) is 18.2. The van der Waals surface area contributed by atoms with Crippen LogP contribution in [0.2, 0.25) is 0 Å². The lowest BCUT2D eigenvalue weighted by molar-refractivity contribution is -0.132. The number of halogens is 1. The second-order valence-corrected chi connectivity index (χ2v) is 12.1. The highest BCUT2D eigenvalue weighted by atomic mass is 19.1. The Bertz CT molecular complexity index is 714. The maximum absolute atomic E-state index is 14.3. The van der Waals surface area contributed by atoms with Crippen LogP contribution in [-0.4, -0.2) is 117 Å². The van der Waals surface area contributed by atoms with E-state index in [0.29, 0.717) is 25.6 Å². The van der Waals surface area contributed by atoms with Gasteiger partial charge in [-0.2, -0.15) is 0 Å². The molecule has 3 aliphatic rings. The van der Waals surface area contributed by atoms with E-state index in [1.807, 2.05) is 4.90 Å². The van der Waals surface area contributed by atoms with Crippen LogP contribution < -0.4 is 32.8 Å². The Morgan fingerprint density at radius 2 is 1.92 bits per heavy atom. The lowest BCUT2D eigenvalue weighted by Gasteiger charge is -2.51. The molecule has 0 aromatic heterocycles. The zero-order chi connectivity index (χ0) is 27.7. The molecule has 3 heterocycles. The fourth-order valence-electron chi connectivity index (χ4n) is 6.49. The van der Waals surface area contributed by atoms with E-state index in [-0.39, 0.29) is 30.2 Å². The SMILES string of the molecule is CCCCN1CC(F)CNC1C(C(=O)NC1CNCCC1(CCCC)N1CC(CCN(C)C)CN1)C(N)N. The minimum atomic E-state index is -0.966. The molecule has 0 radical (unpaired) electrons. The van der Waals surface area contributed by atoms with Gasteiger partial charge in [0.15, 0.2) is 0 Å². The molecule has 3 saturated heterocycles. The van der Waals surface area contributed by atoms with Crippen molar-refractivity contribution in [1.29, 1.82) is 0 Å². The van der Waals surface area contributed by atoms with E-state index < -0.39 is 18.3 Å². The molecule has 0 aliphatic carbocycles. The second-order valence-electron chi connectivity index (χ2n) is 12.1. The molecule has 3 rings (SSSR count). The van der Waals surface area contributed by atoms with Crippen LogP contribution in [0.3, 0.4) is 0 Å². The number of piperidine rings is 1. The molecule has 11 heteroatoms. The van der Waals surface area contributed by atoms with Gasteiger partial charge in [-0.25, -0.2) is 9.40 Å². The van der Waals surface area contributed by atoms with Gasteiger partial charge < -0.3 is 27.0 Å². The molecule has 3 aliphatic heterocycles. The van der Waals surface area contributed by atoms with Gasteiger partial charge in [0.1, 0.15) is 6.17 Å². The van der Waals surface area contributed by atoms with E-state index in [2.05, 4.69) is 59.2 Å². The van der Waals surface area contributed by atoms with E-state index >= 15 is 0 Å². The van der Waals surface area contributed by atoms with Gasteiger partial charge in [-0.15, -0.1) is 0 Å². The van der Waals surface area contributed by atoms with Gasteiger partial charge >= 0.3 is 0 Å². The summed E-state index contributed by atoms with van der Waals surface area (Å²) in [5, 5.41) is 12.6. The predicted octanol–water partition coefficient (Wildman–Crippen LogP) is 0.0108. The summed E-state index contributed by atoms with van der Waals surface area (Å²) in [6, 6.07) is -0.0849. The highest BCUT2D eigenvalue weighted by Gasteiger charge is 2.49. The molecule has 0 spiro atoms. The van der Waals surface area contributed by atoms with Crippen molar-refractivity contribution in [2.24, 2.45) is 23.3 Å². The minimum absolute atomic E-state index is 0.0849. The van der Waals surface area contributed by atoms with E-state index in [9.17, 15) is 9.18 Å². The van der Waals surface area contributed by atoms with Crippen molar-refractivity contribution in [2.45, 2.75) is 88.9 Å².